The summed E-state index contributed by atoms with van der Waals surface area (Å²) in [4.78, 5) is 7.82. The first-order valence-corrected chi connectivity index (χ1v) is 9.57. The van der Waals surface area contributed by atoms with Crippen molar-refractivity contribution in [1.82, 2.24) is 14.8 Å². The highest BCUT2D eigenvalue weighted by molar-refractivity contribution is 5.80. The topological polar surface area (TPSA) is 78.3 Å². The third kappa shape index (κ3) is 4.31. The van der Waals surface area contributed by atoms with Crippen LogP contribution in [0, 0.1) is 5.82 Å². The molecule has 0 saturated heterocycles. The standard InChI is InChI=1S/C20H16F7N5O/c21-9-19(7-15(20(25,26)27)33-18(28)30-19)12-5-10(1-2-13(12)22)6-14-16-11(3-4-29-14)8-32(31-16)17(23)24/h1-5,8,15,17H,6-7,9H2,(H2,28,30)/t15-,19+/m0/s1. The van der Waals surface area contributed by atoms with Crippen molar-refractivity contribution in [2.45, 2.75) is 37.2 Å². The average molecular weight is 475 g/mol. The molecule has 176 valence electrons. The second-order valence-electron chi connectivity index (χ2n) is 7.54. The number of nitrogens with zero attached hydrogens (tertiary/aromatic N) is 4. The average Bonchev–Trinajstić information content (AvgIpc) is 3.20. The van der Waals surface area contributed by atoms with Crippen molar-refractivity contribution in [3.63, 3.8) is 0 Å². The van der Waals surface area contributed by atoms with Crippen LogP contribution in [0.15, 0.2) is 41.7 Å². The Hall–Kier alpha value is -3.38. The molecule has 0 saturated carbocycles. The highest BCUT2D eigenvalue weighted by atomic mass is 19.4. The van der Waals surface area contributed by atoms with E-state index in [-0.39, 0.29) is 17.6 Å². The van der Waals surface area contributed by atoms with Gasteiger partial charge in [0.2, 0.25) is 0 Å². The number of amidine groups is 1. The number of pyridine rings is 1. The van der Waals surface area contributed by atoms with Gasteiger partial charge in [-0.05, 0) is 23.8 Å². The molecule has 1 aromatic carbocycles. The summed E-state index contributed by atoms with van der Waals surface area (Å²) in [7, 11) is 0. The molecule has 3 heterocycles. The Morgan fingerprint density at radius 2 is 2.00 bits per heavy atom. The van der Waals surface area contributed by atoms with Gasteiger partial charge < -0.3 is 10.5 Å². The molecule has 1 aliphatic rings. The maximum atomic E-state index is 14.7. The largest absolute Gasteiger partial charge is 0.452 e. The van der Waals surface area contributed by atoms with Crippen LogP contribution in [0.3, 0.4) is 0 Å². The highest BCUT2D eigenvalue weighted by Crippen LogP contribution is 2.41. The number of hydrogen-bond acceptors (Lipinski definition) is 5. The Labute approximate surface area is 181 Å². The normalized spacial score (nSPS) is 21.3. The molecule has 0 bridgehead atoms. The highest BCUT2D eigenvalue weighted by Gasteiger charge is 2.52. The molecule has 0 amide bonds. The van der Waals surface area contributed by atoms with E-state index in [0.29, 0.717) is 15.6 Å². The molecule has 4 rings (SSSR count). The maximum Gasteiger partial charge on any atom is 0.425 e. The summed E-state index contributed by atoms with van der Waals surface area (Å²) < 4.78 is 99.6. The number of aromatic nitrogens is 3. The van der Waals surface area contributed by atoms with E-state index in [1.807, 2.05) is 0 Å². The molecule has 0 spiro atoms. The first kappa shape index (κ1) is 22.8. The number of halogens is 7. The van der Waals surface area contributed by atoms with Crippen molar-refractivity contribution in [2.24, 2.45) is 10.7 Å². The van der Waals surface area contributed by atoms with E-state index in [9.17, 15) is 30.7 Å². The van der Waals surface area contributed by atoms with Gasteiger partial charge >= 0.3 is 12.7 Å². The van der Waals surface area contributed by atoms with Crippen molar-refractivity contribution >= 4 is 16.9 Å². The van der Waals surface area contributed by atoms with E-state index >= 15 is 0 Å². The lowest BCUT2D eigenvalue weighted by molar-refractivity contribution is -0.209. The summed E-state index contributed by atoms with van der Waals surface area (Å²) in [6.07, 6.45) is -5.89. The van der Waals surface area contributed by atoms with Gasteiger partial charge in [0.25, 0.3) is 6.02 Å². The number of rotatable bonds is 5. The van der Waals surface area contributed by atoms with Crippen molar-refractivity contribution in [3.8, 4) is 0 Å². The third-order valence-electron chi connectivity index (χ3n) is 5.32. The monoisotopic (exact) mass is 475 g/mol. The van der Waals surface area contributed by atoms with Crippen LogP contribution in [-0.4, -0.2) is 39.7 Å². The second kappa shape index (κ2) is 8.19. The van der Waals surface area contributed by atoms with Gasteiger partial charge in [-0.25, -0.2) is 18.5 Å². The van der Waals surface area contributed by atoms with Gasteiger partial charge in [0, 0.05) is 36.2 Å². The molecule has 6 nitrogen and oxygen atoms in total. The molecular weight excluding hydrogens is 459 g/mol. The van der Waals surface area contributed by atoms with Crippen LogP contribution in [0.1, 0.15) is 29.8 Å². The first-order valence-electron chi connectivity index (χ1n) is 9.57. The van der Waals surface area contributed by atoms with Crippen LogP contribution >= 0.6 is 0 Å². The number of hydrogen-bond donors (Lipinski definition) is 1. The summed E-state index contributed by atoms with van der Waals surface area (Å²) in [5, 5.41) is 4.19. The Kier molecular flexibility index (Phi) is 5.66. The van der Waals surface area contributed by atoms with Crippen LogP contribution in [0.4, 0.5) is 30.7 Å². The Morgan fingerprint density at radius 3 is 2.67 bits per heavy atom. The van der Waals surface area contributed by atoms with Gasteiger partial charge in [-0.1, -0.05) is 6.07 Å². The van der Waals surface area contributed by atoms with E-state index < -0.39 is 54.9 Å². The fourth-order valence-corrected chi connectivity index (χ4v) is 3.77. The van der Waals surface area contributed by atoms with E-state index in [0.717, 1.165) is 18.3 Å². The SMILES string of the molecule is NC1=N[C@](CF)(c2cc(Cc3nccc4cn(C(F)F)nc34)ccc2F)C[C@@H](C(F)(F)F)O1. The molecule has 2 N–H and O–H groups in total. The molecule has 0 radical (unpaired) electrons. The third-order valence-corrected chi connectivity index (χ3v) is 5.32. The van der Waals surface area contributed by atoms with Crippen LogP contribution < -0.4 is 5.73 Å². The Balaban J connectivity index is 1.74. The molecule has 0 aliphatic carbocycles. The predicted octanol–water partition coefficient (Wildman–Crippen LogP) is 4.39. The van der Waals surface area contributed by atoms with Crippen molar-refractivity contribution in [1.29, 1.82) is 0 Å². The minimum Gasteiger partial charge on any atom is -0.452 e. The van der Waals surface area contributed by atoms with Crippen molar-refractivity contribution in [2.75, 3.05) is 6.67 Å². The zero-order chi connectivity index (χ0) is 24.0. The lowest BCUT2D eigenvalue weighted by atomic mass is 9.83. The number of fused-ring (bicyclic) bond motifs is 1. The van der Waals surface area contributed by atoms with Gasteiger partial charge in [-0.3, -0.25) is 4.98 Å². The van der Waals surface area contributed by atoms with Crippen molar-refractivity contribution in [3.05, 3.63) is 59.3 Å². The smallest absolute Gasteiger partial charge is 0.425 e. The molecule has 2 aromatic heterocycles. The zero-order valence-corrected chi connectivity index (χ0v) is 16.7. The van der Waals surface area contributed by atoms with Gasteiger partial charge in [0.05, 0.1) is 5.69 Å². The number of aliphatic imine (C=N–C) groups is 1. The van der Waals surface area contributed by atoms with Crippen molar-refractivity contribution < 1.29 is 35.5 Å². The Morgan fingerprint density at radius 1 is 1.24 bits per heavy atom. The maximum absolute atomic E-state index is 14.7. The molecular formula is C20H16F7N5O. The van der Waals surface area contributed by atoms with Gasteiger partial charge in [-0.2, -0.15) is 27.1 Å². The van der Waals surface area contributed by atoms with E-state index in [2.05, 4.69) is 19.8 Å². The van der Waals surface area contributed by atoms with Crippen LogP contribution in [0.2, 0.25) is 0 Å². The number of alkyl halides is 6. The minimum absolute atomic E-state index is 0.0361. The quantitative estimate of drug-likeness (QED) is 0.556. The molecule has 0 fully saturated rings. The van der Waals surface area contributed by atoms with Crippen LogP contribution in [-0.2, 0) is 16.7 Å². The fraction of sp³-hybridized carbons (Fsp3) is 0.350. The molecule has 13 heteroatoms. The van der Waals surface area contributed by atoms with Gasteiger partial charge in [0.15, 0.2) is 6.10 Å². The predicted molar refractivity (Wildman–Crippen MR) is 103 cm³/mol. The van der Waals surface area contributed by atoms with E-state index in [1.165, 1.54) is 18.3 Å². The van der Waals surface area contributed by atoms with Gasteiger partial charge in [0.1, 0.15) is 23.5 Å². The zero-order valence-electron chi connectivity index (χ0n) is 16.7. The lowest BCUT2D eigenvalue weighted by Crippen LogP contribution is -2.48. The van der Waals surface area contributed by atoms with E-state index in [1.54, 1.807) is 0 Å². The molecule has 1 aliphatic heterocycles. The minimum atomic E-state index is -4.88. The van der Waals surface area contributed by atoms with Gasteiger partial charge in [-0.15, -0.1) is 0 Å². The summed E-state index contributed by atoms with van der Waals surface area (Å²) in [5.41, 5.74) is 3.45. The summed E-state index contributed by atoms with van der Waals surface area (Å²) >= 11 is 0. The summed E-state index contributed by atoms with van der Waals surface area (Å²) in [5.74, 6) is -0.982. The number of nitrogens with two attached hydrogens (primary N) is 1. The van der Waals surface area contributed by atoms with Crippen LogP contribution in [0.5, 0.6) is 0 Å². The van der Waals surface area contributed by atoms with Crippen LogP contribution in [0.25, 0.3) is 10.9 Å². The molecule has 3 aromatic rings. The lowest BCUT2D eigenvalue weighted by Gasteiger charge is -2.36. The first-order chi connectivity index (χ1) is 15.5. The molecule has 0 unspecified atom stereocenters. The second-order valence-corrected chi connectivity index (χ2v) is 7.54. The summed E-state index contributed by atoms with van der Waals surface area (Å²) in [6.45, 7) is -4.33. The molecule has 33 heavy (non-hydrogen) atoms. The van der Waals surface area contributed by atoms with E-state index in [4.69, 9.17) is 5.73 Å². The number of ether oxygens (including phenoxy) is 1. The Bertz CT molecular complexity index is 1210. The fourth-order valence-electron chi connectivity index (χ4n) is 3.77. The molecule has 2 atom stereocenters. The summed E-state index contributed by atoms with van der Waals surface area (Å²) in [6, 6.07) is 4.02. The number of benzene rings is 1.